The van der Waals surface area contributed by atoms with Crippen LogP contribution in [0.1, 0.15) is 6.92 Å². The van der Waals surface area contributed by atoms with E-state index in [-0.39, 0.29) is 47.4 Å². The molecule has 0 aliphatic heterocycles. The van der Waals surface area contributed by atoms with E-state index < -0.39 is 34.7 Å². The van der Waals surface area contributed by atoms with Gasteiger partial charge in [0.25, 0.3) is 9.05 Å². The Kier molecular flexibility index (Phi) is 4.98. The number of carbonyl (C=O) groups is 1. The van der Waals surface area contributed by atoms with Crippen molar-refractivity contribution in [3.63, 3.8) is 0 Å². The second-order valence-electron chi connectivity index (χ2n) is 7.39. The maximum Gasteiger partial charge on any atom is 0.308 e. The summed E-state index contributed by atoms with van der Waals surface area (Å²) >= 11 is 0. The predicted octanol–water partition coefficient (Wildman–Crippen LogP) is 3.24. The molecule has 0 amide bonds. The molecule has 8 nitrogen and oxygen atoms in total. The van der Waals surface area contributed by atoms with Crippen LogP contribution >= 0.6 is 10.7 Å². The lowest BCUT2D eigenvalue weighted by atomic mass is 9.93. The summed E-state index contributed by atoms with van der Waals surface area (Å²) in [6, 6.07) is 7.96. The molecule has 0 spiro atoms. The monoisotopic (exact) mass is 514 g/mol. The summed E-state index contributed by atoms with van der Waals surface area (Å²) in [5.74, 6) is -0.823. The highest BCUT2D eigenvalue weighted by atomic mass is 35.7. The summed E-state index contributed by atoms with van der Waals surface area (Å²) in [6.45, 7) is 1.14. The van der Waals surface area contributed by atoms with Crippen LogP contribution in [0.2, 0.25) is 0 Å². The van der Waals surface area contributed by atoms with Gasteiger partial charge in [-0.05, 0) is 12.1 Å². The average Bonchev–Trinajstić information content (AvgIpc) is 2.63. The van der Waals surface area contributed by atoms with Gasteiger partial charge in [-0.2, -0.15) is 0 Å². The van der Waals surface area contributed by atoms with Crippen molar-refractivity contribution in [1.29, 1.82) is 0 Å². The van der Waals surface area contributed by atoms with Crippen molar-refractivity contribution < 1.29 is 34.8 Å². The second kappa shape index (κ2) is 7.01. The molecule has 4 aromatic rings. The molecule has 0 bridgehead atoms. The van der Waals surface area contributed by atoms with Crippen molar-refractivity contribution in [2.75, 3.05) is 12.5 Å². The van der Waals surface area contributed by atoms with Gasteiger partial charge in [0.1, 0.15) is 5.75 Å². The van der Waals surface area contributed by atoms with E-state index in [0.29, 0.717) is 5.39 Å². The molecule has 32 heavy (non-hydrogen) atoms. The summed E-state index contributed by atoms with van der Waals surface area (Å²) < 4.78 is 79.9. The van der Waals surface area contributed by atoms with Crippen LogP contribution in [0.25, 0.3) is 32.3 Å². The number of hydrogen-bond donors (Lipinski definition) is 0. The summed E-state index contributed by atoms with van der Waals surface area (Å²) in [6.07, 6.45) is 1.90. The van der Waals surface area contributed by atoms with Crippen LogP contribution in [0.15, 0.2) is 51.1 Å². The molecule has 0 radical (unpaired) electrons. The smallest absolute Gasteiger partial charge is 0.308 e. The standard InChI is InChI=1S/C20H15ClO8S3/c1-10(22)29-15-8-18(32(21,27)28)14-7-6-13-17(31(3,25)26)9-16(30(2,23)24)12-5-4-11(15)19(14)20(12)13/h4-9H,1-3H3. The minimum absolute atomic E-state index is 0.107. The molecular weight excluding hydrogens is 500 g/mol. The van der Waals surface area contributed by atoms with Crippen LogP contribution in [-0.4, -0.2) is 43.7 Å². The third-order valence-electron chi connectivity index (χ3n) is 5.06. The van der Waals surface area contributed by atoms with Crippen molar-refractivity contribution in [2.24, 2.45) is 0 Å². The van der Waals surface area contributed by atoms with Gasteiger partial charge in [-0.25, -0.2) is 25.3 Å². The zero-order valence-electron chi connectivity index (χ0n) is 16.8. The van der Waals surface area contributed by atoms with Crippen LogP contribution in [0, 0.1) is 0 Å². The summed E-state index contributed by atoms with van der Waals surface area (Å²) in [7, 11) is -6.43. The molecular formula is C20H15ClO8S3. The summed E-state index contributed by atoms with van der Waals surface area (Å²) in [5.41, 5.74) is 0. The number of rotatable bonds is 4. The highest BCUT2D eigenvalue weighted by molar-refractivity contribution is 8.14. The van der Waals surface area contributed by atoms with Gasteiger partial charge in [-0.15, -0.1) is 0 Å². The fraction of sp³-hybridized carbons (Fsp3) is 0.150. The molecule has 0 aliphatic carbocycles. The van der Waals surface area contributed by atoms with Crippen LogP contribution in [0.4, 0.5) is 0 Å². The van der Waals surface area contributed by atoms with E-state index in [1.807, 2.05) is 0 Å². The van der Waals surface area contributed by atoms with Crippen molar-refractivity contribution >= 4 is 77.7 Å². The van der Waals surface area contributed by atoms with Gasteiger partial charge in [0, 0.05) is 68.5 Å². The van der Waals surface area contributed by atoms with Crippen LogP contribution in [0.5, 0.6) is 5.75 Å². The molecule has 0 N–H and O–H groups in total. The van der Waals surface area contributed by atoms with Crippen molar-refractivity contribution in [3.8, 4) is 5.75 Å². The van der Waals surface area contributed by atoms with E-state index in [1.165, 1.54) is 24.3 Å². The second-order valence-corrected chi connectivity index (χ2v) is 13.9. The number of ether oxygens (including phenoxy) is 1. The lowest BCUT2D eigenvalue weighted by molar-refractivity contribution is -0.131. The molecule has 0 fully saturated rings. The summed E-state index contributed by atoms with van der Waals surface area (Å²) in [5, 5.41) is 1.25. The van der Waals surface area contributed by atoms with Gasteiger partial charge < -0.3 is 4.74 Å². The molecule has 0 unspecified atom stereocenters. The predicted molar refractivity (Wildman–Crippen MR) is 121 cm³/mol. The van der Waals surface area contributed by atoms with Crippen LogP contribution in [0.3, 0.4) is 0 Å². The fourth-order valence-corrected chi connectivity index (χ4v) is 6.86. The van der Waals surface area contributed by atoms with Gasteiger partial charge in [0.15, 0.2) is 19.7 Å². The lowest BCUT2D eigenvalue weighted by Gasteiger charge is -2.18. The zero-order valence-corrected chi connectivity index (χ0v) is 20.0. The molecule has 0 aliphatic rings. The van der Waals surface area contributed by atoms with Crippen molar-refractivity contribution in [1.82, 2.24) is 0 Å². The molecule has 0 heterocycles. The summed E-state index contributed by atoms with van der Waals surface area (Å²) in [4.78, 5) is 10.8. The largest absolute Gasteiger partial charge is 0.426 e. The minimum Gasteiger partial charge on any atom is -0.426 e. The number of carbonyl (C=O) groups excluding carboxylic acids is 1. The first-order valence-corrected chi connectivity index (χ1v) is 15.0. The molecule has 168 valence electrons. The van der Waals surface area contributed by atoms with Gasteiger partial charge in [0.2, 0.25) is 0 Å². The first kappa shape index (κ1) is 22.7. The minimum atomic E-state index is -4.32. The van der Waals surface area contributed by atoms with E-state index in [2.05, 4.69) is 0 Å². The molecule has 12 heteroatoms. The van der Waals surface area contributed by atoms with Crippen molar-refractivity contribution in [3.05, 3.63) is 36.4 Å². The van der Waals surface area contributed by atoms with E-state index >= 15 is 0 Å². The Hall–Kier alpha value is -2.47. The zero-order chi connectivity index (χ0) is 23.8. The molecule has 0 saturated carbocycles. The van der Waals surface area contributed by atoms with Gasteiger partial charge >= 0.3 is 5.97 Å². The Morgan fingerprint density at radius 2 is 1.12 bits per heavy atom. The van der Waals surface area contributed by atoms with Gasteiger partial charge in [-0.3, -0.25) is 4.79 Å². The topological polar surface area (TPSA) is 129 Å². The Bertz CT molecular complexity index is 1740. The van der Waals surface area contributed by atoms with Crippen molar-refractivity contribution in [2.45, 2.75) is 21.6 Å². The maximum absolute atomic E-state index is 12.5. The lowest BCUT2D eigenvalue weighted by Crippen LogP contribution is -2.07. The SMILES string of the molecule is CC(=O)Oc1cc(S(=O)(=O)Cl)c2ccc3c(S(C)(=O)=O)cc(S(C)(=O)=O)c4ccc1c2c43. The fourth-order valence-electron chi connectivity index (χ4n) is 3.92. The average molecular weight is 515 g/mol. The molecule has 4 rings (SSSR count). The number of sulfone groups is 2. The van der Waals surface area contributed by atoms with Crippen LogP contribution < -0.4 is 4.74 Å². The van der Waals surface area contributed by atoms with E-state index in [4.69, 9.17) is 15.4 Å². The molecule has 0 saturated heterocycles. The Balaban J connectivity index is 2.43. The van der Waals surface area contributed by atoms with E-state index in [9.17, 15) is 30.0 Å². The first-order chi connectivity index (χ1) is 14.6. The number of benzene rings is 4. The number of hydrogen-bond acceptors (Lipinski definition) is 8. The third kappa shape index (κ3) is 3.58. The van der Waals surface area contributed by atoms with Crippen LogP contribution in [-0.2, 0) is 33.5 Å². The Morgan fingerprint density at radius 1 is 0.719 bits per heavy atom. The Labute approximate surface area is 188 Å². The molecule has 0 aromatic heterocycles. The Morgan fingerprint density at radius 3 is 1.53 bits per heavy atom. The molecule has 4 aromatic carbocycles. The quantitative estimate of drug-likeness (QED) is 0.176. The maximum atomic E-state index is 12.5. The van der Waals surface area contributed by atoms with E-state index in [0.717, 1.165) is 31.6 Å². The van der Waals surface area contributed by atoms with Gasteiger partial charge in [0.05, 0.1) is 14.7 Å². The van der Waals surface area contributed by atoms with Gasteiger partial charge in [-0.1, -0.05) is 18.2 Å². The highest BCUT2D eigenvalue weighted by Crippen LogP contribution is 2.45. The number of esters is 1. The van der Waals surface area contributed by atoms with E-state index in [1.54, 1.807) is 0 Å². The molecule has 0 atom stereocenters. The third-order valence-corrected chi connectivity index (χ3v) is 8.70. The highest BCUT2D eigenvalue weighted by Gasteiger charge is 2.27. The first-order valence-electron chi connectivity index (χ1n) is 8.92. The number of halogens is 1. The normalized spacial score (nSPS) is 13.2.